The monoisotopic (exact) mass is 199 g/mol. The van der Waals surface area contributed by atoms with E-state index in [-0.39, 0.29) is 5.91 Å². The molecule has 14 heavy (non-hydrogen) atoms. The van der Waals surface area contributed by atoms with E-state index in [4.69, 9.17) is 4.74 Å². The minimum Gasteiger partial charge on any atom is -0.458 e. The molecular weight excluding hydrogens is 182 g/mol. The SMILES string of the molecule is C=CC(=O)N[C@@H](C)C(=O)OC(C)(C)C. The number of hydrogen-bond acceptors (Lipinski definition) is 3. The molecule has 0 bridgehead atoms. The Kier molecular flexibility index (Phi) is 4.34. The summed E-state index contributed by atoms with van der Waals surface area (Å²) in [5.41, 5.74) is -0.537. The molecule has 0 aromatic rings. The van der Waals surface area contributed by atoms with Gasteiger partial charge in [-0.2, -0.15) is 0 Å². The maximum atomic E-state index is 11.3. The molecule has 0 rings (SSSR count). The smallest absolute Gasteiger partial charge is 0.328 e. The molecule has 4 nitrogen and oxygen atoms in total. The summed E-state index contributed by atoms with van der Waals surface area (Å²) >= 11 is 0. The fourth-order valence-corrected chi connectivity index (χ4v) is 0.721. The van der Waals surface area contributed by atoms with E-state index in [1.54, 1.807) is 27.7 Å². The van der Waals surface area contributed by atoms with Crippen molar-refractivity contribution in [3.63, 3.8) is 0 Å². The van der Waals surface area contributed by atoms with Gasteiger partial charge < -0.3 is 10.1 Å². The first-order valence-corrected chi connectivity index (χ1v) is 4.42. The Morgan fingerprint density at radius 1 is 1.43 bits per heavy atom. The van der Waals surface area contributed by atoms with Gasteiger partial charge in [-0.3, -0.25) is 4.79 Å². The number of esters is 1. The predicted octanol–water partition coefficient (Wildman–Crippen LogP) is 1.02. The number of nitrogens with one attached hydrogen (secondary N) is 1. The summed E-state index contributed by atoms with van der Waals surface area (Å²) in [4.78, 5) is 22.2. The van der Waals surface area contributed by atoms with Crippen LogP contribution in [0.3, 0.4) is 0 Å². The lowest BCUT2D eigenvalue weighted by Gasteiger charge is -2.22. The molecule has 1 N–H and O–H groups in total. The van der Waals surface area contributed by atoms with E-state index in [0.29, 0.717) is 0 Å². The van der Waals surface area contributed by atoms with Gasteiger partial charge in [0.05, 0.1) is 0 Å². The second-order valence-corrected chi connectivity index (χ2v) is 3.97. The van der Waals surface area contributed by atoms with Crippen molar-refractivity contribution in [2.24, 2.45) is 0 Å². The van der Waals surface area contributed by atoms with Crippen LogP contribution in [0.25, 0.3) is 0 Å². The minimum atomic E-state index is -0.653. The largest absolute Gasteiger partial charge is 0.458 e. The van der Waals surface area contributed by atoms with Gasteiger partial charge in [0.1, 0.15) is 11.6 Å². The molecule has 0 aliphatic rings. The van der Waals surface area contributed by atoms with Crippen LogP contribution < -0.4 is 5.32 Å². The maximum absolute atomic E-state index is 11.3. The molecular formula is C10H17NO3. The Balaban J connectivity index is 4.13. The summed E-state index contributed by atoms with van der Waals surface area (Å²) in [5, 5.41) is 2.42. The summed E-state index contributed by atoms with van der Waals surface area (Å²) in [6.07, 6.45) is 1.11. The number of hydrogen-bond donors (Lipinski definition) is 1. The average molecular weight is 199 g/mol. The highest BCUT2D eigenvalue weighted by molar-refractivity contribution is 5.90. The zero-order chi connectivity index (χ0) is 11.4. The molecule has 0 unspecified atom stereocenters. The van der Waals surface area contributed by atoms with Gasteiger partial charge in [0.15, 0.2) is 0 Å². The zero-order valence-electron chi connectivity index (χ0n) is 9.09. The van der Waals surface area contributed by atoms with Gasteiger partial charge in [0.25, 0.3) is 0 Å². The third kappa shape index (κ3) is 5.35. The average Bonchev–Trinajstić information content (AvgIpc) is 2.00. The van der Waals surface area contributed by atoms with Gasteiger partial charge >= 0.3 is 5.97 Å². The van der Waals surface area contributed by atoms with Gasteiger partial charge in [-0.15, -0.1) is 0 Å². The molecule has 0 saturated heterocycles. The highest BCUT2D eigenvalue weighted by Gasteiger charge is 2.22. The molecule has 80 valence electrons. The summed E-state index contributed by atoms with van der Waals surface area (Å²) in [6.45, 7) is 10.2. The van der Waals surface area contributed by atoms with Crippen LogP contribution in [0.5, 0.6) is 0 Å². The molecule has 0 heterocycles. The highest BCUT2D eigenvalue weighted by atomic mass is 16.6. The second kappa shape index (κ2) is 4.79. The first kappa shape index (κ1) is 12.7. The third-order valence-electron chi connectivity index (χ3n) is 1.30. The first-order chi connectivity index (χ1) is 6.26. The lowest BCUT2D eigenvalue weighted by Crippen LogP contribution is -2.41. The van der Waals surface area contributed by atoms with Gasteiger partial charge in [-0.05, 0) is 33.8 Å². The molecule has 0 radical (unpaired) electrons. The molecule has 0 aliphatic heterocycles. The van der Waals surface area contributed by atoms with Crippen LogP contribution in [0.1, 0.15) is 27.7 Å². The van der Waals surface area contributed by atoms with E-state index < -0.39 is 17.6 Å². The van der Waals surface area contributed by atoms with Gasteiger partial charge in [-0.1, -0.05) is 6.58 Å². The van der Waals surface area contributed by atoms with Crippen LogP contribution >= 0.6 is 0 Å². The van der Waals surface area contributed by atoms with Crippen molar-refractivity contribution in [2.45, 2.75) is 39.3 Å². The Hall–Kier alpha value is -1.32. The van der Waals surface area contributed by atoms with E-state index in [1.165, 1.54) is 0 Å². The van der Waals surface area contributed by atoms with E-state index >= 15 is 0 Å². The van der Waals surface area contributed by atoms with Crippen molar-refractivity contribution >= 4 is 11.9 Å². The van der Waals surface area contributed by atoms with Crippen molar-refractivity contribution in [1.29, 1.82) is 0 Å². The fraction of sp³-hybridized carbons (Fsp3) is 0.600. The van der Waals surface area contributed by atoms with Gasteiger partial charge in [0, 0.05) is 0 Å². The van der Waals surface area contributed by atoms with Crippen molar-refractivity contribution in [2.75, 3.05) is 0 Å². The lowest BCUT2D eigenvalue weighted by molar-refractivity contribution is -0.157. The molecule has 0 saturated carbocycles. The number of amides is 1. The molecule has 0 fully saturated rings. The molecule has 0 aliphatic carbocycles. The molecule has 0 aromatic heterocycles. The summed E-state index contributed by atoms with van der Waals surface area (Å²) in [7, 11) is 0. The quantitative estimate of drug-likeness (QED) is 0.545. The number of ether oxygens (including phenoxy) is 1. The van der Waals surface area contributed by atoms with Crippen molar-refractivity contribution in [3.8, 4) is 0 Å². The Morgan fingerprint density at radius 3 is 2.29 bits per heavy atom. The zero-order valence-corrected chi connectivity index (χ0v) is 9.09. The van der Waals surface area contributed by atoms with E-state index in [2.05, 4.69) is 11.9 Å². The molecule has 0 aromatic carbocycles. The highest BCUT2D eigenvalue weighted by Crippen LogP contribution is 2.08. The number of carbonyl (C=O) groups excluding carboxylic acids is 2. The van der Waals surface area contributed by atoms with E-state index in [0.717, 1.165) is 6.08 Å². The predicted molar refractivity (Wildman–Crippen MR) is 53.6 cm³/mol. The maximum Gasteiger partial charge on any atom is 0.328 e. The fourth-order valence-electron chi connectivity index (χ4n) is 0.721. The van der Waals surface area contributed by atoms with Gasteiger partial charge in [-0.25, -0.2) is 4.79 Å². The third-order valence-corrected chi connectivity index (χ3v) is 1.30. The standard InChI is InChI=1S/C10H17NO3/c1-6-8(12)11-7(2)9(13)14-10(3,4)5/h6-7H,1H2,2-5H3,(H,11,12)/t7-/m0/s1. The van der Waals surface area contributed by atoms with Crippen LogP contribution in [0.4, 0.5) is 0 Å². The van der Waals surface area contributed by atoms with Crippen LogP contribution in [0.2, 0.25) is 0 Å². The number of carbonyl (C=O) groups is 2. The van der Waals surface area contributed by atoms with Crippen molar-refractivity contribution in [3.05, 3.63) is 12.7 Å². The van der Waals surface area contributed by atoms with Gasteiger partial charge in [0.2, 0.25) is 5.91 Å². The number of rotatable bonds is 3. The summed E-state index contributed by atoms with van der Waals surface area (Å²) < 4.78 is 5.06. The van der Waals surface area contributed by atoms with E-state index in [9.17, 15) is 9.59 Å². The molecule has 4 heteroatoms. The first-order valence-electron chi connectivity index (χ1n) is 4.42. The minimum absolute atomic E-state index is 0.386. The Labute approximate surface area is 84.3 Å². The van der Waals surface area contributed by atoms with Crippen LogP contribution in [0, 0.1) is 0 Å². The molecule has 0 spiro atoms. The lowest BCUT2D eigenvalue weighted by atomic mass is 10.2. The van der Waals surface area contributed by atoms with Crippen LogP contribution in [0.15, 0.2) is 12.7 Å². The van der Waals surface area contributed by atoms with Crippen LogP contribution in [-0.2, 0) is 14.3 Å². The normalized spacial score (nSPS) is 12.9. The topological polar surface area (TPSA) is 55.4 Å². The van der Waals surface area contributed by atoms with Crippen molar-refractivity contribution in [1.82, 2.24) is 5.32 Å². The molecule has 1 atom stereocenters. The molecule has 1 amide bonds. The Morgan fingerprint density at radius 2 is 1.93 bits per heavy atom. The van der Waals surface area contributed by atoms with Crippen molar-refractivity contribution < 1.29 is 14.3 Å². The second-order valence-electron chi connectivity index (χ2n) is 3.97. The Bertz CT molecular complexity index is 240. The van der Waals surface area contributed by atoms with E-state index in [1.807, 2.05) is 0 Å². The summed E-state index contributed by atoms with van der Waals surface area (Å²) in [5.74, 6) is -0.837. The summed E-state index contributed by atoms with van der Waals surface area (Å²) in [6, 6.07) is -0.653. The van der Waals surface area contributed by atoms with Crippen LogP contribution in [-0.4, -0.2) is 23.5 Å².